The highest BCUT2D eigenvalue weighted by atomic mass is 32.2. The summed E-state index contributed by atoms with van der Waals surface area (Å²) in [6.45, 7) is 6.24. The van der Waals surface area contributed by atoms with E-state index in [1.54, 1.807) is 22.6 Å². The average molecular weight is 438 g/mol. The molecule has 1 atom stereocenters. The fourth-order valence-electron chi connectivity index (χ4n) is 4.18. The second kappa shape index (κ2) is 8.40. The van der Waals surface area contributed by atoms with Crippen molar-refractivity contribution < 1.29 is 13.2 Å². The third-order valence-electron chi connectivity index (χ3n) is 6.02. The van der Waals surface area contributed by atoms with Crippen LogP contribution in [0.2, 0.25) is 0 Å². The van der Waals surface area contributed by atoms with Crippen molar-refractivity contribution in [1.82, 2.24) is 9.29 Å². The van der Waals surface area contributed by atoms with Gasteiger partial charge in [0.2, 0.25) is 10.0 Å². The second-order valence-corrected chi connectivity index (χ2v) is 10.1. The number of rotatable bonds is 4. The molecule has 7 heteroatoms. The maximum Gasteiger partial charge on any atom is 0.255 e. The average Bonchev–Trinajstić information content (AvgIpc) is 2.76. The van der Waals surface area contributed by atoms with Gasteiger partial charge in [0.25, 0.3) is 5.91 Å². The number of aromatic nitrogens is 1. The van der Waals surface area contributed by atoms with Crippen molar-refractivity contribution in [2.45, 2.75) is 51.0 Å². The van der Waals surface area contributed by atoms with Gasteiger partial charge in [-0.05, 0) is 75.1 Å². The lowest BCUT2D eigenvalue weighted by molar-refractivity contribution is 0.102. The summed E-state index contributed by atoms with van der Waals surface area (Å²) in [7, 11) is -3.65. The van der Waals surface area contributed by atoms with Crippen LogP contribution < -0.4 is 5.32 Å². The van der Waals surface area contributed by atoms with Crippen LogP contribution >= 0.6 is 0 Å². The minimum Gasteiger partial charge on any atom is -0.321 e. The third kappa shape index (κ3) is 4.07. The molecule has 1 aliphatic heterocycles. The largest absolute Gasteiger partial charge is 0.321 e. The van der Waals surface area contributed by atoms with E-state index in [1.165, 1.54) is 6.07 Å². The molecule has 3 aromatic rings. The van der Waals surface area contributed by atoms with Gasteiger partial charge < -0.3 is 5.32 Å². The number of carbonyl (C=O) groups excluding carboxylic acids is 1. The Morgan fingerprint density at radius 3 is 2.65 bits per heavy atom. The van der Waals surface area contributed by atoms with Crippen molar-refractivity contribution in [3.63, 3.8) is 0 Å². The highest BCUT2D eigenvalue weighted by Gasteiger charge is 2.31. The highest BCUT2D eigenvalue weighted by Crippen LogP contribution is 2.28. The molecule has 0 spiro atoms. The number of anilines is 1. The SMILES string of the molecule is Cc1ccc(S(=O)(=O)N2CCCCC2C)cc1C(=O)Nc1ccc(C)c2ncccc12. The number of amides is 1. The van der Waals surface area contributed by atoms with Crippen LogP contribution in [-0.2, 0) is 10.0 Å². The number of benzene rings is 2. The van der Waals surface area contributed by atoms with E-state index in [9.17, 15) is 13.2 Å². The Balaban J connectivity index is 1.68. The number of aryl methyl sites for hydroxylation is 2. The van der Waals surface area contributed by atoms with E-state index in [-0.39, 0.29) is 16.8 Å². The van der Waals surface area contributed by atoms with Crippen molar-refractivity contribution in [1.29, 1.82) is 0 Å². The van der Waals surface area contributed by atoms with E-state index >= 15 is 0 Å². The monoisotopic (exact) mass is 437 g/mol. The van der Waals surface area contributed by atoms with Gasteiger partial charge in [0.05, 0.1) is 16.1 Å². The summed E-state index contributed by atoms with van der Waals surface area (Å²) in [4.78, 5) is 17.7. The van der Waals surface area contributed by atoms with Gasteiger partial charge in [0.1, 0.15) is 0 Å². The van der Waals surface area contributed by atoms with Gasteiger partial charge in [0.15, 0.2) is 0 Å². The first-order chi connectivity index (χ1) is 14.8. The number of nitrogens with one attached hydrogen (secondary N) is 1. The van der Waals surface area contributed by atoms with Gasteiger partial charge in [-0.2, -0.15) is 4.31 Å². The fourth-order valence-corrected chi connectivity index (χ4v) is 5.91. The lowest BCUT2D eigenvalue weighted by Gasteiger charge is -2.32. The number of fused-ring (bicyclic) bond motifs is 1. The number of hydrogen-bond donors (Lipinski definition) is 1. The normalized spacial score (nSPS) is 17.6. The molecule has 1 aromatic heterocycles. The lowest BCUT2D eigenvalue weighted by Crippen LogP contribution is -2.42. The first-order valence-electron chi connectivity index (χ1n) is 10.6. The number of piperidine rings is 1. The van der Waals surface area contributed by atoms with E-state index < -0.39 is 10.0 Å². The van der Waals surface area contributed by atoms with Gasteiger partial charge in [-0.1, -0.05) is 18.6 Å². The molecule has 31 heavy (non-hydrogen) atoms. The standard InChI is InChI=1S/C24H27N3O3S/c1-16-9-11-19(31(29,30)27-14-5-4-7-18(27)3)15-21(16)24(28)26-22-12-10-17(2)23-20(22)8-6-13-25-23/h6,8-13,15,18H,4-5,7,14H2,1-3H3,(H,26,28). The van der Waals surface area contributed by atoms with Crippen LogP contribution in [0, 0.1) is 13.8 Å². The predicted octanol–water partition coefficient (Wildman–Crippen LogP) is 4.67. The highest BCUT2D eigenvalue weighted by molar-refractivity contribution is 7.89. The van der Waals surface area contributed by atoms with E-state index in [4.69, 9.17) is 0 Å². The number of pyridine rings is 1. The van der Waals surface area contributed by atoms with Crippen molar-refractivity contribution in [2.75, 3.05) is 11.9 Å². The summed E-state index contributed by atoms with van der Waals surface area (Å²) >= 11 is 0. The Morgan fingerprint density at radius 2 is 1.87 bits per heavy atom. The molecule has 0 bridgehead atoms. The zero-order valence-electron chi connectivity index (χ0n) is 18.1. The predicted molar refractivity (Wildman–Crippen MR) is 123 cm³/mol. The summed E-state index contributed by atoms with van der Waals surface area (Å²) in [6, 6.07) is 12.3. The van der Waals surface area contributed by atoms with Crippen LogP contribution in [0.1, 0.15) is 47.7 Å². The van der Waals surface area contributed by atoms with Crippen LogP contribution in [0.5, 0.6) is 0 Å². The Morgan fingerprint density at radius 1 is 1.10 bits per heavy atom. The van der Waals surface area contributed by atoms with Crippen LogP contribution in [0.3, 0.4) is 0 Å². The zero-order chi connectivity index (χ0) is 22.2. The molecule has 2 aromatic carbocycles. The van der Waals surface area contributed by atoms with Crippen LogP contribution in [0.15, 0.2) is 53.6 Å². The van der Waals surface area contributed by atoms with Crippen molar-refractivity contribution in [3.8, 4) is 0 Å². The molecule has 0 radical (unpaired) electrons. The third-order valence-corrected chi connectivity index (χ3v) is 8.03. The van der Waals surface area contributed by atoms with E-state index in [2.05, 4.69) is 10.3 Å². The molecule has 6 nitrogen and oxygen atoms in total. The molecule has 1 amide bonds. The molecule has 1 saturated heterocycles. The molecule has 2 heterocycles. The number of nitrogens with zero attached hydrogens (tertiary/aromatic N) is 2. The maximum absolute atomic E-state index is 13.2. The molecular formula is C24H27N3O3S. The summed E-state index contributed by atoms with van der Waals surface area (Å²) in [6.07, 6.45) is 4.47. The minimum atomic E-state index is -3.65. The summed E-state index contributed by atoms with van der Waals surface area (Å²) in [5.41, 5.74) is 3.57. The van der Waals surface area contributed by atoms with Gasteiger partial charge in [-0.15, -0.1) is 0 Å². The van der Waals surface area contributed by atoms with Gasteiger partial charge >= 0.3 is 0 Å². The Kier molecular flexibility index (Phi) is 5.81. The van der Waals surface area contributed by atoms with Gasteiger partial charge in [0, 0.05) is 29.7 Å². The Hall–Kier alpha value is -2.77. The Labute approximate surface area is 183 Å². The second-order valence-electron chi connectivity index (χ2n) is 8.22. The number of sulfonamides is 1. The van der Waals surface area contributed by atoms with Crippen LogP contribution in [-0.4, -0.2) is 36.2 Å². The van der Waals surface area contributed by atoms with Crippen molar-refractivity contribution in [2.24, 2.45) is 0 Å². The first kappa shape index (κ1) is 21.5. The molecule has 1 fully saturated rings. The van der Waals surface area contributed by atoms with Crippen LogP contribution in [0.4, 0.5) is 5.69 Å². The molecule has 0 saturated carbocycles. The molecule has 162 valence electrons. The quantitative estimate of drug-likeness (QED) is 0.643. The summed E-state index contributed by atoms with van der Waals surface area (Å²) in [5.74, 6) is -0.338. The minimum absolute atomic E-state index is 0.0382. The summed E-state index contributed by atoms with van der Waals surface area (Å²) < 4.78 is 28.0. The van der Waals surface area contributed by atoms with E-state index in [0.717, 1.165) is 41.3 Å². The van der Waals surface area contributed by atoms with Crippen molar-refractivity contribution in [3.05, 3.63) is 65.4 Å². The van der Waals surface area contributed by atoms with E-state index in [1.807, 2.05) is 45.0 Å². The van der Waals surface area contributed by atoms with Gasteiger partial charge in [-0.25, -0.2) is 8.42 Å². The number of hydrogen-bond acceptors (Lipinski definition) is 4. The topological polar surface area (TPSA) is 79.4 Å². The number of carbonyl (C=O) groups is 1. The molecule has 1 aliphatic rings. The Bertz CT molecular complexity index is 1250. The first-order valence-corrected chi connectivity index (χ1v) is 12.0. The van der Waals surface area contributed by atoms with E-state index in [0.29, 0.717) is 17.8 Å². The fraction of sp³-hybridized carbons (Fsp3) is 0.333. The molecular weight excluding hydrogens is 410 g/mol. The zero-order valence-corrected chi connectivity index (χ0v) is 18.9. The van der Waals surface area contributed by atoms with Gasteiger partial charge in [-0.3, -0.25) is 9.78 Å². The molecule has 1 unspecified atom stereocenters. The lowest BCUT2D eigenvalue weighted by atomic mass is 10.1. The smallest absolute Gasteiger partial charge is 0.255 e. The molecule has 4 rings (SSSR count). The summed E-state index contributed by atoms with van der Waals surface area (Å²) in [5, 5.41) is 3.80. The van der Waals surface area contributed by atoms with Crippen molar-refractivity contribution >= 4 is 32.5 Å². The molecule has 1 N–H and O–H groups in total. The maximum atomic E-state index is 13.2. The molecule has 0 aliphatic carbocycles. The van der Waals surface area contributed by atoms with Crippen LogP contribution in [0.25, 0.3) is 10.9 Å².